The van der Waals surface area contributed by atoms with Gasteiger partial charge in [0.25, 0.3) is 0 Å². The van der Waals surface area contributed by atoms with Crippen LogP contribution >= 0.6 is 0 Å². The van der Waals surface area contributed by atoms with Crippen molar-refractivity contribution in [3.05, 3.63) is 48.2 Å². The molecule has 0 saturated heterocycles. The van der Waals surface area contributed by atoms with E-state index in [2.05, 4.69) is 25.3 Å². The second-order valence-corrected chi connectivity index (χ2v) is 5.80. The van der Waals surface area contributed by atoms with Crippen LogP contribution in [0.5, 0.6) is 0 Å². The lowest BCUT2D eigenvalue weighted by Gasteiger charge is -2.23. The number of rotatable bonds is 4. The van der Waals surface area contributed by atoms with Crippen LogP contribution in [0.2, 0.25) is 0 Å². The molecular weight excluding hydrogens is 319 g/mol. The number of hydrogen-bond acceptors (Lipinski definition) is 4. The minimum atomic E-state index is -4.49. The molecule has 0 amide bonds. The highest BCUT2D eigenvalue weighted by Gasteiger charge is 2.35. The van der Waals surface area contributed by atoms with Crippen LogP contribution in [0.15, 0.2) is 37.1 Å². The molecule has 0 radical (unpaired) electrons. The Hall–Kier alpha value is -2.64. The highest BCUT2D eigenvalue weighted by atomic mass is 19.4. The molecule has 0 aromatic carbocycles. The van der Waals surface area contributed by atoms with E-state index in [1.165, 1.54) is 6.33 Å². The normalized spacial score (nSPS) is 13.4. The number of alkyl halides is 3. The fraction of sp³-hybridized carbons (Fsp3) is 0.312. The Labute approximate surface area is 136 Å². The first-order chi connectivity index (χ1) is 11.4. The molecule has 2 N–H and O–H groups in total. The van der Waals surface area contributed by atoms with Gasteiger partial charge in [-0.2, -0.15) is 13.2 Å². The molecule has 0 aliphatic carbocycles. The monoisotopic (exact) mass is 335 g/mol. The summed E-state index contributed by atoms with van der Waals surface area (Å²) in [6, 6.07) is 3.44. The summed E-state index contributed by atoms with van der Waals surface area (Å²) in [5, 5.41) is 3.07. The topological polar surface area (TPSA) is 66.5 Å². The summed E-state index contributed by atoms with van der Waals surface area (Å²) in [4.78, 5) is 14.6. The van der Waals surface area contributed by atoms with Gasteiger partial charge in [-0.15, -0.1) is 0 Å². The van der Waals surface area contributed by atoms with Crippen molar-refractivity contribution in [2.75, 3.05) is 5.32 Å². The Kier molecular flexibility index (Phi) is 4.13. The van der Waals surface area contributed by atoms with Crippen molar-refractivity contribution in [2.45, 2.75) is 26.1 Å². The van der Waals surface area contributed by atoms with E-state index in [-0.39, 0.29) is 28.8 Å². The van der Waals surface area contributed by atoms with Gasteiger partial charge in [-0.05, 0) is 17.5 Å². The van der Waals surface area contributed by atoms with E-state index < -0.39 is 11.7 Å². The molecule has 0 saturated carbocycles. The maximum Gasteiger partial charge on any atom is 0.418 e. The minimum absolute atomic E-state index is 0.0560. The number of anilines is 1. The third-order valence-electron chi connectivity index (χ3n) is 3.78. The molecule has 126 valence electrons. The van der Waals surface area contributed by atoms with Crippen LogP contribution in [0, 0.1) is 5.92 Å². The van der Waals surface area contributed by atoms with Crippen molar-refractivity contribution in [3.63, 3.8) is 0 Å². The Morgan fingerprint density at radius 2 is 2.00 bits per heavy atom. The molecule has 0 aliphatic rings. The van der Waals surface area contributed by atoms with Crippen LogP contribution in [0.4, 0.5) is 19.0 Å². The first-order valence-corrected chi connectivity index (χ1v) is 7.43. The van der Waals surface area contributed by atoms with E-state index in [1.807, 2.05) is 19.9 Å². The molecule has 8 heteroatoms. The summed E-state index contributed by atoms with van der Waals surface area (Å²) in [5.41, 5.74) is 0.242. The lowest BCUT2D eigenvalue weighted by atomic mass is 9.97. The quantitative estimate of drug-likeness (QED) is 0.750. The van der Waals surface area contributed by atoms with Crippen LogP contribution in [0.3, 0.4) is 0 Å². The number of fused-ring (bicyclic) bond motifs is 1. The third-order valence-corrected chi connectivity index (χ3v) is 3.78. The first-order valence-electron chi connectivity index (χ1n) is 7.43. The van der Waals surface area contributed by atoms with Crippen molar-refractivity contribution >= 4 is 16.9 Å². The number of aromatic nitrogens is 4. The van der Waals surface area contributed by atoms with Gasteiger partial charge in [0.2, 0.25) is 0 Å². The molecule has 3 rings (SSSR count). The van der Waals surface area contributed by atoms with Crippen molar-refractivity contribution in [3.8, 4) is 0 Å². The number of H-pyrrole nitrogens is 1. The van der Waals surface area contributed by atoms with Crippen LogP contribution in [0.25, 0.3) is 11.0 Å². The SMILES string of the molecule is CC(C)[C@@H](Nc1ncnc2[nH]cc(C(F)(F)F)c12)c1cccnc1. The van der Waals surface area contributed by atoms with Gasteiger partial charge in [-0.25, -0.2) is 9.97 Å². The van der Waals surface area contributed by atoms with Gasteiger partial charge in [0, 0.05) is 18.6 Å². The highest BCUT2D eigenvalue weighted by molar-refractivity contribution is 5.90. The Morgan fingerprint density at radius 3 is 2.62 bits per heavy atom. The van der Waals surface area contributed by atoms with E-state index in [4.69, 9.17) is 0 Å². The van der Waals surface area contributed by atoms with Crippen molar-refractivity contribution in [1.82, 2.24) is 19.9 Å². The van der Waals surface area contributed by atoms with Gasteiger partial charge in [-0.3, -0.25) is 4.98 Å². The zero-order valence-corrected chi connectivity index (χ0v) is 13.1. The predicted molar refractivity (Wildman–Crippen MR) is 84.3 cm³/mol. The Balaban J connectivity index is 2.07. The zero-order chi connectivity index (χ0) is 17.3. The smallest absolute Gasteiger partial charge is 0.362 e. The molecule has 24 heavy (non-hydrogen) atoms. The maximum absolute atomic E-state index is 13.2. The van der Waals surface area contributed by atoms with E-state index in [1.54, 1.807) is 18.5 Å². The number of pyridine rings is 1. The van der Waals surface area contributed by atoms with Crippen LogP contribution < -0.4 is 5.32 Å². The largest absolute Gasteiger partial charge is 0.418 e. The molecule has 0 bridgehead atoms. The lowest BCUT2D eigenvalue weighted by Crippen LogP contribution is -2.18. The first kappa shape index (κ1) is 16.2. The predicted octanol–water partition coefficient (Wildman–Crippen LogP) is 4.18. The zero-order valence-electron chi connectivity index (χ0n) is 13.1. The summed E-state index contributed by atoms with van der Waals surface area (Å²) in [6.45, 7) is 3.95. The van der Waals surface area contributed by atoms with E-state index in [9.17, 15) is 13.2 Å². The molecule has 3 aromatic rings. The Bertz CT molecular complexity index is 827. The summed E-state index contributed by atoms with van der Waals surface area (Å²) in [5.74, 6) is 0.267. The van der Waals surface area contributed by atoms with Gasteiger partial charge in [0.1, 0.15) is 17.8 Å². The van der Waals surface area contributed by atoms with E-state index in [0.717, 1.165) is 11.8 Å². The van der Waals surface area contributed by atoms with Crippen LogP contribution in [-0.4, -0.2) is 19.9 Å². The molecule has 1 atom stereocenters. The van der Waals surface area contributed by atoms with Crippen LogP contribution in [0.1, 0.15) is 31.0 Å². The average Bonchev–Trinajstić information content (AvgIpc) is 2.98. The highest BCUT2D eigenvalue weighted by Crippen LogP contribution is 2.38. The molecule has 0 spiro atoms. The number of nitrogens with zero attached hydrogens (tertiary/aromatic N) is 3. The molecule has 5 nitrogen and oxygen atoms in total. The fourth-order valence-corrected chi connectivity index (χ4v) is 2.64. The van der Waals surface area contributed by atoms with Crippen molar-refractivity contribution in [1.29, 1.82) is 0 Å². The van der Waals surface area contributed by atoms with Gasteiger partial charge in [0.05, 0.1) is 17.0 Å². The molecular formula is C16H16F3N5. The summed E-state index contributed by atoms with van der Waals surface area (Å²) in [6.07, 6.45) is 1.01. The number of nitrogens with one attached hydrogen (secondary N) is 2. The summed E-state index contributed by atoms with van der Waals surface area (Å²) in [7, 11) is 0. The fourth-order valence-electron chi connectivity index (χ4n) is 2.64. The summed E-state index contributed by atoms with van der Waals surface area (Å²) >= 11 is 0. The second-order valence-electron chi connectivity index (χ2n) is 5.80. The molecule has 3 aromatic heterocycles. The van der Waals surface area contributed by atoms with Gasteiger partial charge >= 0.3 is 6.18 Å². The minimum Gasteiger partial charge on any atom is -0.362 e. The molecule has 0 unspecified atom stereocenters. The van der Waals surface area contributed by atoms with E-state index in [0.29, 0.717) is 0 Å². The maximum atomic E-state index is 13.2. The second kappa shape index (κ2) is 6.10. The van der Waals surface area contributed by atoms with Crippen molar-refractivity contribution in [2.24, 2.45) is 5.92 Å². The van der Waals surface area contributed by atoms with E-state index >= 15 is 0 Å². The van der Waals surface area contributed by atoms with Gasteiger partial charge in [-0.1, -0.05) is 19.9 Å². The standard InChI is InChI=1S/C16H16F3N5/c1-9(2)13(10-4-3-5-20-6-10)24-15-12-11(16(17,18)19)7-21-14(12)22-8-23-15/h3-9,13H,1-2H3,(H2,21,22,23,24)/t13-/m1/s1. The number of halogens is 3. The molecule has 3 heterocycles. The Morgan fingerprint density at radius 1 is 1.21 bits per heavy atom. The molecule has 0 aliphatic heterocycles. The average molecular weight is 335 g/mol. The van der Waals surface area contributed by atoms with Gasteiger partial charge in [0.15, 0.2) is 0 Å². The lowest BCUT2D eigenvalue weighted by molar-refractivity contribution is -0.136. The van der Waals surface area contributed by atoms with Gasteiger partial charge < -0.3 is 10.3 Å². The third kappa shape index (κ3) is 3.04. The number of hydrogen-bond donors (Lipinski definition) is 2. The molecule has 0 fully saturated rings. The number of aromatic amines is 1. The summed E-state index contributed by atoms with van der Waals surface area (Å²) < 4.78 is 39.7. The van der Waals surface area contributed by atoms with Crippen molar-refractivity contribution < 1.29 is 13.2 Å². The van der Waals surface area contributed by atoms with Crippen LogP contribution in [-0.2, 0) is 6.18 Å².